The molecular weight excluding hydrogens is 344 g/mol. The minimum Gasteiger partial charge on any atom is -0.378 e. The van der Waals surface area contributed by atoms with Gasteiger partial charge in [-0.15, -0.1) is 12.4 Å². The predicted molar refractivity (Wildman–Crippen MR) is 97.0 cm³/mol. The Hall–Kier alpha value is -1.70. The molecule has 1 aliphatic rings. The van der Waals surface area contributed by atoms with Gasteiger partial charge in [0.1, 0.15) is 0 Å². The van der Waals surface area contributed by atoms with Gasteiger partial charge in [0.25, 0.3) is 11.6 Å². The van der Waals surface area contributed by atoms with Gasteiger partial charge in [0.05, 0.1) is 22.7 Å². The lowest BCUT2D eigenvalue weighted by atomic mass is 10.1. The summed E-state index contributed by atoms with van der Waals surface area (Å²) in [6.07, 6.45) is 5.14. The average Bonchev–Trinajstić information content (AvgIpc) is 3.04. The van der Waals surface area contributed by atoms with Crippen molar-refractivity contribution >= 4 is 29.4 Å². The fraction of sp³-hybridized carbons (Fsp3) is 0.588. The van der Waals surface area contributed by atoms with Gasteiger partial charge in [0, 0.05) is 25.9 Å². The van der Waals surface area contributed by atoms with Crippen molar-refractivity contribution in [2.75, 3.05) is 26.2 Å². The van der Waals surface area contributed by atoms with E-state index in [1.807, 2.05) is 17.9 Å². The molecule has 0 saturated carbocycles. The SMILES string of the molecule is CCc1noc2ncc(C(=O)N3CCC(OCCCN)CC3)cc12.Cl. The maximum Gasteiger partial charge on any atom is 0.257 e. The quantitative estimate of drug-likeness (QED) is 0.785. The highest BCUT2D eigenvalue weighted by Gasteiger charge is 2.24. The molecule has 2 N–H and O–H groups in total. The lowest BCUT2D eigenvalue weighted by Gasteiger charge is -2.32. The maximum atomic E-state index is 12.7. The molecule has 2 aromatic rings. The number of piperidine rings is 1. The lowest BCUT2D eigenvalue weighted by molar-refractivity contribution is 0.00844. The summed E-state index contributed by atoms with van der Waals surface area (Å²) in [5, 5.41) is 4.81. The van der Waals surface area contributed by atoms with E-state index in [-0.39, 0.29) is 24.4 Å². The molecule has 0 spiro atoms. The molecule has 8 heteroatoms. The number of pyridine rings is 1. The summed E-state index contributed by atoms with van der Waals surface area (Å²) in [5.74, 6) is 0.00746. The Morgan fingerprint density at radius 1 is 1.44 bits per heavy atom. The normalized spacial score (nSPS) is 15.4. The van der Waals surface area contributed by atoms with E-state index in [0.29, 0.717) is 37.5 Å². The minimum atomic E-state index is 0. The van der Waals surface area contributed by atoms with Crippen LogP contribution >= 0.6 is 12.4 Å². The van der Waals surface area contributed by atoms with E-state index in [4.69, 9.17) is 15.0 Å². The molecule has 0 aromatic carbocycles. The fourth-order valence-electron chi connectivity index (χ4n) is 2.99. The number of ether oxygens (including phenoxy) is 1. The Kier molecular flexibility index (Phi) is 7.16. The van der Waals surface area contributed by atoms with Crippen LogP contribution in [0.4, 0.5) is 0 Å². The van der Waals surface area contributed by atoms with E-state index in [9.17, 15) is 4.79 Å². The summed E-state index contributed by atoms with van der Waals surface area (Å²) in [6, 6.07) is 1.84. The zero-order valence-corrected chi connectivity index (χ0v) is 15.3. The molecule has 1 amide bonds. The van der Waals surface area contributed by atoms with Crippen LogP contribution in [-0.2, 0) is 11.2 Å². The third-order valence-corrected chi connectivity index (χ3v) is 4.42. The molecule has 1 fully saturated rings. The summed E-state index contributed by atoms with van der Waals surface area (Å²) in [7, 11) is 0. The summed E-state index contributed by atoms with van der Waals surface area (Å²) >= 11 is 0. The molecule has 1 saturated heterocycles. The highest BCUT2D eigenvalue weighted by molar-refractivity contribution is 5.97. The molecule has 25 heavy (non-hydrogen) atoms. The Morgan fingerprint density at radius 2 is 2.20 bits per heavy atom. The second-order valence-electron chi connectivity index (χ2n) is 6.06. The monoisotopic (exact) mass is 368 g/mol. The van der Waals surface area contributed by atoms with E-state index < -0.39 is 0 Å². The molecule has 0 bridgehead atoms. The van der Waals surface area contributed by atoms with Gasteiger partial charge in [-0.3, -0.25) is 4.79 Å². The fourth-order valence-corrected chi connectivity index (χ4v) is 2.99. The standard InChI is InChI=1S/C17H24N4O3.ClH/c1-2-15-14-10-12(11-19-16(14)24-20-15)17(22)21-7-4-13(5-8-21)23-9-3-6-18;/h10-11,13H,2-9,18H2,1H3;1H. The van der Waals surface area contributed by atoms with Crippen molar-refractivity contribution < 1.29 is 14.1 Å². The zero-order chi connectivity index (χ0) is 16.9. The van der Waals surface area contributed by atoms with Crippen molar-refractivity contribution in [1.29, 1.82) is 0 Å². The van der Waals surface area contributed by atoms with Crippen molar-refractivity contribution in [2.45, 2.75) is 38.7 Å². The average molecular weight is 369 g/mol. The van der Waals surface area contributed by atoms with Crippen LogP contribution in [0.3, 0.4) is 0 Å². The number of nitrogens with two attached hydrogens (primary N) is 1. The molecule has 138 valence electrons. The molecule has 0 aliphatic carbocycles. The molecule has 0 atom stereocenters. The van der Waals surface area contributed by atoms with Gasteiger partial charge in [-0.2, -0.15) is 0 Å². The van der Waals surface area contributed by atoms with Gasteiger partial charge in [0.15, 0.2) is 0 Å². The molecule has 7 nitrogen and oxygen atoms in total. The number of halogens is 1. The Morgan fingerprint density at radius 3 is 2.88 bits per heavy atom. The van der Waals surface area contributed by atoms with Crippen molar-refractivity contribution in [3.63, 3.8) is 0 Å². The van der Waals surface area contributed by atoms with E-state index >= 15 is 0 Å². The van der Waals surface area contributed by atoms with Crippen LogP contribution in [0.1, 0.15) is 42.2 Å². The molecule has 0 unspecified atom stereocenters. The third kappa shape index (κ3) is 4.48. The summed E-state index contributed by atoms with van der Waals surface area (Å²) in [4.78, 5) is 18.8. The highest BCUT2D eigenvalue weighted by Crippen LogP contribution is 2.21. The van der Waals surface area contributed by atoms with Crippen LogP contribution in [-0.4, -0.2) is 53.3 Å². The first kappa shape index (κ1) is 19.6. The van der Waals surface area contributed by atoms with E-state index in [2.05, 4.69) is 10.1 Å². The maximum absolute atomic E-state index is 12.7. The Bertz CT molecular complexity index is 698. The minimum absolute atomic E-state index is 0. The first-order valence-corrected chi connectivity index (χ1v) is 8.58. The van der Waals surface area contributed by atoms with Gasteiger partial charge < -0.3 is 19.9 Å². The van der Waals surface area contributed by atoms with Gasteiger partial charge in [-0.05, 0) is 38.3 Å². The van der Waals surface area contributed by atoms with Crippen LogP contribution in [0.5, 0.6) is 0 Å². The number of aryl methyl sites for hydroxylation is 1. The number of hydrogen-bond acceptors (Lipinski definition) is 6. The van der Waals surface area contributed by atoms with Crippen LogP contribution in [0.25, 0.3) is 11.1 Å². The van der Waals surface area contributed by atoms with Crippen molar-refractivity contribution in [1.82, 2.24) is 15.0 Å². The van der Waals surface area contributed by atoms with Crippen molar-refractivity contribution in [2.24, 2.45) is 5.73 Å². The molecule has 2 aromatic heterocycles. The number of nitrogens with zero attached hydrogens (tertiary/aromatic N) is 3. The Balaban J connectivity index is 0.00000225. The first-order chi connectivity index (χ1) is 11.7. The molecule has 1 aliphatic heterocycles. The number of likely N-dealkylation sites (tertiary alicyclic amines) is 1. The summed E-state index contributed by atoms with van der Waals surface area (Å²) < 4.78 is 11.0. The number of aromatic nitrogens is 2. The zero-order valence-electron chi connectivity index (χ0n) is 14.4. The van der Waals surface area contributed by atoms with Crippen LogP contribution < -0.4 is 5.73 Å². The molecular formula is C17H25ClN4O3. The predicted octanol–water partition coefficient (Wildman–Crippen LogP) is 2.18. The van der Waals surface area contributed by atoms with E-state index in [1.165, 1.54) is 0 Å². The lowest BCUT2D eigenvalue weighted by Crippen LogP contribution is -2.41. The van der Waals surface area contributed by atoms with E-state index in [1.54, 1.807) is 6.20 Å². The smallest absolute Gasteiger partial charge is 0.257 e. The highest BCUT2D eigenvalue weighted by atomic mass is 35.5. The molecule has 3 rings (SSSR count). The van der Waals surface area contributed by atoms with Crippen LogP contribution in [0.15, 0.2) is 16.8 Å². The van der Waals surface area contributed by atoms with E-state index in [0.717, 1.165) is 36.8 Å². The van der Waals surface area contributed by atoms with Gasteiger partial charge in [-0.1, -0.05) is 12.1 Å². The Labute approximate surface area is 153 Å². The molecule has 0 radical (unpaired) electrons. The second kappa shape index (κ2) is 9.12. The van der Waals surface area contributed by atoms with Crippen molar-refractivity contribution in [3.8, 4) is 0 Å². The molecule has 3 heterocycles. The number of amides is 1. The third-order valence-electron chi connectivity index (χ3n) is 4.42. The summed E-state index contributed by atoms with van der Waals surface area (Å²) in [5.41, 5.74) is 7.37. The topological polar surface area (TPSA) is 94.5 Å². The number of carbonyl (C=O) groups excluding carboxylic acids is 1. The van der Waals surface area contributed by atoms with Gasteiger partial charge in [-0.25, -0.2) is 4.98 Å². The number of rotatable bonds is 6. The largest absolute Gasteiger partial charge is 0.378 e. The number of hydrogen-bond donors (Lipinski definition) is 1. The van der Waals surface area contributed by atoms with Crippen molar-refractivity contribution in [3.05, 3.63) is 23.5 Å². The van der Waals surface area contributed by atoms with Gasteiger partial charge >= 0.3 is 0 Å². The first-order valence-electron chi connectivity index (χ1n) is 8.58. The number of fused-ring (bicyclic) bond motifs is 1. The number of carbonyl (C=O) groups is 1. The van der Waals surface area contributed by atoms with Crippen LogP contribution in [0, 0.1) is 0 Å². The summed E-state index contributed by atoms with van der Waals surface area (Å²) in [6.45, 7) is 4.75. The van der Waals surface area contributed by atoms with Gasteiger partial charge in [0.2, 0.25) is 0 Å². The second-order valence-corrected chi connectivity index (χ2v) is 6.06. The van der Waals surface area contributed by atoms with Crippen LogP contribution in [0.2, 0.25) is 0 Å².